The van der Waals surface area contributed by atoms with Crippen LogP contribution >= 0.6 is 0 Å². The third-order valence-electron chi connectivity index (χ3n) is 4.62. The predicted molar refractivity (Wildman–Crippen MR) is 99.1 cm³/mol. The molecule has 0 radical (unpaired) electrons. The highest BCUT2D eigenvalue weighted by Crippen LogP contribution is 2.27. The van der Waals surface area contributed by atoms with Gasteiger partial charge in [-0.15, -0.1) is 0 Å². The van der Waals surface area contributed by atoms with Crippen molar-refractivity contribution in [1.82, 2.24) is 10.6 Å². The number of methoxy groups -OCH3 is 1. The molecule has 2 N–H and O–H groups in total. The van der Waals surface area contributed by atoms with Gasteiger partial charge in [0.05, 0.1) is 20.2 Å². The van der Waals surface area contributed by atoms with Gasteiger partial charge in [0, 0.05) is 19.2 Å². The molecule has 1 unspecified atom stereocenters. The van der Waals surface area contributed by atoms with Crippen LogP contribution in [0.2, 0.25) is 0 Å². The van der Waals surface area contributed by atoms with Crippen LogP contribution in [-0.4, -0.2) is 56.9 Å². The highest BCUT2D eigenvalue weighted by molar-refractivity contribution is 5.90. The molecule has 2 aliphatic rings. The van der Waals surface area contributed by atoms with Crippen LogP contribution in [0.25, 0.3) is 5.57 Å². The zero-order chi connectivity index (χ0) is 19.4. The first-order chi connectivity index (χ1) is 13.0. The third kappa shape index (κ3) is 4.46. The number of hydrogen-bond acceptors (Lipinski definition) is 6. The minimum atomic E-state index is -0.426. The Morgan fingerprint density at radius 1 is 1.33 bits per heavy atom. The topological polar surface area (TPSA) is 97.0 Å². The van der Waals surface area contributed by atoms with Crippen LogP contribution < -0.4 is 15.5 Å². The number of hydrogen-bond donors (Lipinski definition) is 2. The van der Waals surface area contributed by atoms with Gasteiger partial charge in [0.25, 0.3) is 0 Å². The van der Waals surface area contributed by atoms with Crippen LogP contribution in [-0.2, 0) is 19.1 Å². The highest BCUT2D eigenvalue weighted by atomic mass is 16.6. The van der Waals surface area contributed by atoms with Crippen LogP contribution in [0.4, 0.5) is 10.5 Å². The molecule has 2 aliphatic heterocycles. The van der Waals surface area contributed by atoms with E-state index in [-0.39, 0.29) is 24.0 Å². The molecule has 2 amide bonds. The van der Waals surface area contributed by atoms with Gasteiger partial charge in [0.1, 0.15) is 12.1 Å². The number of amides is 2. The lowest BCUT2D eigenvalue weighted by Crippen LogP contribution is -2.40. The van der Waals surface area contributed by atoms with Gasteiger partial charge in [-0.3, -0.25) is 14.5 Å². The second-order valence-electron chi connectivity index (χ2n) is 6.52. The van der Waals surface area contributed by atoms with Crippen molar-refractivity contribution >= 4 is 29.2 Å². The predicted octanol–water partition coefficient (Wildman–Crippen LogP) is 1.07. The molecule has 2 heterocycles. The highest BCUT2D eigenvalue weighted by Gasteiger charge is 2.32. The number of benzene rings is 1. The Bertz CT molecular complexity index is 759. The summed E-state index contributed by atoms with van der Waals surface area (Å²) in [6.45, 7) is 2.70. The number of nitrogens with zero attached hydrogens (tertiary/aromatic N) is 1. The van der Waals surface area contributed by atoms with Crippen LogP contribution in [0.1, 0.15) is 18.9 Å². The molecule has 8 nitrogen and oxygen atoms in total. The Morgan fingerprint density at radius 3 is 2.74 bits per heavy atom. The Balaban J connectivity index is 1.65. The Labute approximate surface area is 157 Å². The van der Waals surface area contributed by atoms with Crippen molar-refractivity contribution in [2.75, 3.05) is 31.6 Å². The summed E-state index contributed by atoms with van der Waals surface area (Å²) in [4.78, 5) is 36.4. The average Bonchev–Trinajstić information content (AvgIpc) is 3.06. The van der Waals surface area contributed by atoms with E-state index in [0.717, 1.165) is 16.8 Å². The maximum absolute atomic E-state index is 12.1. The first-order valence-corrected chi connectivity index (χ1v) is 8.81. The van der Waals surface area contributed by atoms with Gasteiger partial charge in [0.2, 0.25) is 5.91 Å². The Morgan fingerprint density at radius 2 is 2.07 bits per heavy atom. The Hall–Kier alpha value is -2.87. The molecule has 1 aromatic rings. The van der Waals surface area contributed by atoms with Gasteiger partial charge in [-0.05, 0) is 29.7 Å². The van der Waals surface area contributed by atoms with Crippen molar-refractivity contribution in [3.05, 3.63) is 35.9 Å². The summed E-state index contributed by atoms with van der Waals surface area (Å²) >= 11 is 0. The van der Waals surface area contributed by atoms with Crippen LogP contribution in [0.3, 0.4) is 0 Å². The zero-order valence-electron chi connectivity index (χ0n) is 15.4. The van der Waals surface area contributed by atoms with Crippen LogP contribution in [0.5, 0.6) is 0 Å². The molecular weight excluding hydrogens is 350 g/mol. The van der Waals surface area contributed by atoms with E-state index < -0.39 is 6.09 Å². The zero-order valence-corrected chi connectivity index (χ0v) is 15.4. The van der Waals surface area contributed by atoms with E-state index in [1.54, 1.807) is 4.90 Å². The van der Waals surface area contributed by atoms with Crippen LogP contribution in [0, 0.1) is 0 Å². The molecule has 1 aromatic carbocycles. The SMILES string of the molecule is COC(=O)C1CC(c2ccc(N3C[C@H](CNC(C)=O)OC3=O)cc2)=CCN1. The number of carbonyl (C=O) groups is 3. The summed E-state index contributed by atoms with van der Waals surface area (Å²) in [5.74, 6) is -0.434. The Kier molecular flexibility index (Phi) is 5.75. The quantitative estimate of drug-likeness (QED) is 0.750. The summed E-state index contributed by atoms with van der Waals surface area (Å²) in [6.07, 6.45) is 1.80. The lowest BCUT2D eigenvalue weighted by atomic mass is 9.95. The second-order valence-corrected chi connectivity index (χ2v) is 6.52. The number of anilines is 1. The molecule has 3 rings (SSSR count). The number of esters is 1. The molecule has 1 saturated heterocycles. The van der Waals surface area contributed by atoms with E-state index in [9.17, 15) is 14.4 Å². The maximum Gasteiger partial charge on any atom is 0.414 e. The smallest absolute Gasteiger partial charge is 0.414 e. The van der Waals surface area contributed by atoms with E-state index in [0.29, 0.717) is 26.1 Å². The molecule has 0 bridgehead atoms. The van der Waals surface area contributed by atoms with E-state index >= 15 is 0 Å². The van der Waals surface area contributed by atoms with Gasteiger partial charge in [-0.1, -0.05) is 18.2 Å². The first kappa shape index (κ1) is 18.9. The molecule has 0 aliphatic carbocycles. The van der Waals surface area contributed by atoms with Crippen molar-refractivity contribution in [3.8, 4) is 0 Å². The van der Waals surface area contributed by atoms with E-state index in [1.165, 1.54) is 14.0 Å². The standard InChI is InChI=1S/C19H23N3O5/c1-12(23)21-10-16-11-22(19(25)27-16)15-5-3-13(4-6-15)14-7-8-20-17(9-14)18(24)26-2/h3-7,16-17,20H,8-11H2,1-2H3,(H,21,23)/t16-,17?/m0/s1. The summed E-state index contributed by atoms with van der Waals surface area (Å²) in [5.41, 5.74) is 2.79. The molecule has 2 atom stereocenters. The summed E-state index contributed by atoms with van der Waals surface area (Å²) < 4.78 is 10.1. The largest absolute Gasteiger partial charge is 0.468 e. The van der Waals surface area contributed by atoms with Gasteiger partial charge in [-0.2, -0.15) is 0 Å². The van der Waals surface area contributed by atoms with E-state index in [4.69, 9.17) is 9.47 Å². The number of nitrogens with one attached hydrogen (secondary N) is 2. The summed E-state index contributed by atoms with van der Waals surface area (Å²) in [5, 5.41) is 5.76. The second kappa shape index (κ2) is 8.22. The molecule has 144 valence electrons. The number of carbonyl (C=O) groups excluding carboxylic acids is 3. The van der Waals surface area contributed by atoms with Crippen molar-refractivity contribution in [3.63, 3.8) is 0 Å². The molecule has 27 heavy (non-hydrogen) atoms. The molecule has 0 aromatic heterocycles. The summed E-state index contributed by atoms with van der Waals surface area (Å²) in [7, 11) is 1.38. The number of ether oxygens (including phenoxy) is 2. The molecular formula is C19H23N3O5. The van der Waals surface area contributed by atoms with E-state index in [2.05, 4.69) is 10.6 Å². The van der Waals surface area contributed by atoms with Gasteiger partial charge in [0.15, 0.2) is 0 Å². The van der Waals surface area contributed by atoms with Crippen molar-refractivity contribution in [2.24, 2.45) is 0 Å². The molecule has 1 fully saturated rings. The van der Waals surface area contributed by atoms with E-state index in [1.807, 2.05) is 30.3 Å². The molecule has 0 saturated carbocycles. The fourth-order valence-corrected chi connectivity index (χ4v) is 3.20. The summed E-state index contributed by atoms with van der Waals surface area (Å²) in [6, 6.07) is 7.21. The monoisotopic (exact) mass is 373 g/mol. The number of rotatable bonds is 5. The number of cyclic esters (lactones) is 1. The normalized spacial score (nSPS) is 22.1. The molecule has 8 heteroatoms. The third-order valence-corrected chi connectivity index (χ3v) is 4.62. The van der Waals surface area contributed by atoms with Gasteiger partial charge in [-0.25, -0.2) is 4.79 Å². The van der Waals surface area contributed by atoms with Crippen LogP contribution in [0.15, 0.2) is 30.3 Å². The minimum Gasteiger partial charge on any atom is -0.468 e. The van der Waals surface area contributed by atoms with Crippen molar-refractivity contribution < 1.29 is 23.9 Å². The average molecular weight is 373 g/mol. The lowest BCUT2D eigenvalue weighted by molar-refractivity contribution is -0.143. The minimum absolute atomic E-state index is 0.158. The van der Waals surface area contributed by atoms with Gasteiger partial charge < -0.3 is 20.1 Å². The lowest BCUT2D eigenvalue weighted by Gasteiger charge is -2.22. The van der Waals surface area contributed by atoms with Gasteiger partial charge >= 0.3 is 12.1 Å². The first-order valence-electron chi connectivity index (χ1n) is 8.81. The maximum atomic E-state index is 12.1. The molecule has 0 spiro atoms. The van der Waals surface area contributed by atoms with Crippen molar-refractivity contribution in [2.45, 2.75) is 25.5 Å². The fraction of sp³-hybridized carbons (Fsp3) is 0.421. The van der Waals surface area contributed by atoms with Crippen molar-refractivity contribution in [1.29, 1.82) is 0 Å². The fourth-order valence-electron chi connectivity index (χ4n) is 3.20.